The van der Waals surface area contributed by atoms with Gasteiger partial charge in [-0.3, -0.25) is 4.79 Å². The molecule has 6 nitrogen and oxygen atoms in total. The lowest BCUT2D eigenvalue weighted by atomic mass is 10.1. The zero-order valence-corrected chi connectivity index (χ0v) is 11.9. The Bertz CT molecular complexity index is 793. The van der Waals surface area contributed by atoms with Crippen molar-refractivity contribution in [1.82, 2.24) is 15.0 Å². The first-order chi connectivity index (χ1) is 10.6. The summed E-state index contributed by atoms with van der Waals surface area (Å²) in [6.07, 6.45) is 3.27. The first-order valence-electron chi connectivity index (χ1n) is 6.72. The standard InChI is InChI=1S/C16H14N4O2/c1-11-4-2-7-14(21)15(11)18-16(22)12-5-3-6-13(10-12)20-9-8-17-19-20/h2-10,21H,1H3,(H,18,22). The lowest BCUT2D eigenvalue weighted by molar-refractivity contribution is 0.102. The number of aromatic hydroxyl groups is 1. The number of rotatable bonds is 3. The van der Waals surface area contributed by atoms with Crippen molar-refractivity contribution in [2.45, 2.75) is 6.92 Å². The number of nitrogens with one attached hydrogen (secondary N) is 1. The molecule has 0 bridgehead atoms. The highest BCUT2D eigenvalue weighted by molar-refractivity contribution is 6.05. The summed E-state index contributed by atoms with van der Waals surface area (Å²) in [5.74, 6) is -0.257. The van der Waals surface area contributed by atoms with E-state index in [-0.39, 0.29) is 11.7 Å². The number of carbonyl (C=O) groups is 1. The number of carbonyl (C=O) groups excluding carboxylic acids is 1. The first-order valence-corrected chi connectivity index (χ1v) is 6.72. The van der Waals surface area contributed by atoms with Crippen LogP contribution in [0.15, 0.2) is 54.9 Å². The zero-order valence-electron chi connectivity index (χ0n) is 11.9. The van der Waals surface area contributed by atoms with E-state index in [1.54, 1.807) is 41.3 Å². The molecule has 3 rings (SSSR count). The quantitative estimate of drug-likeness (QED) is 0.727. The van der Waals surface area contributed by atoms with E-state index in [9.17, 15) is 9.90 Å². The molecule has 0 spiro atoms. The molecule has 0 saturated heterocycles. The fourth-order valence-corrected chi connectivity index (χ4v) is 2.14. The minimum Gasteiger partial charge on any atom is -0.506 e. The number of phenols is 1. The molecule has 2 N–H and O–H groups in total. The molecule has 0 atom stereocenters. The van der Waals surface area contributed by atoms with Crippen LogP contribution in [0, 0.1) is 6.92 Å². The molecule has 1 amide bonds. The van der Waals surface area contributed by atoms with Gasteiger partial charge >= 0.3 is 0 Å². The van der Waals surface area contributed by atoms with Gasteiger partial charge in [-0.25, -0.2) is 4.68 Å². The Morgan fingerprint density at radius 2 is 2.05 bits per heavy atom. The summed E-state index contributed by atoms with van der Waals surface area (Å²) < 4.78 is 1.57. The Kier molecular flexibility index (Phi) is 3.57. The molecule has 22 heavy (non-hydrogen) atoms. The molecular weight excluding hydrogens is 280 g/mol. The summed E-state index contributed by atoms with van der Waals surface area (Å²) in [7, 11) is 0. The summed E-state index contributed by atoms with van der Waals surface area (Å²) in [5, 5.41) is 20.2. The van der Waals surface area contributed by atoms with Crippen LogP contribution >= 0.6 is 0 Å². The van der Waals surface area contributed by atoms with Gasteiger partial charge in [0.1, 0.15) is 5.75 Å². The second-order valence-electron chi connectivity index (χ2n) is 4.82. The van der Waals surface area contributed by atoms with Gasteiger partial charge < -0.3 is 10.4 Å². The normalized spacial score (nSPS) is 10.4. The number of aryl methyl sites for hydroxylation is 1. The maximum atomic E-state index is 12.4. The molecule has 2 aromatic carbocycles. The number of para-hydroxylation sites is 1. The van der Waals surface area contributed by atoms with Crippen LogP contribution in [0.2, 0.25) is 0 Å². The second-order valence-corrected chi connectivity index (χ2v) is 4.82. The number of benzene rings is 2. The summed E-state index contributed by atoms with van der Waals surface area (Å²) >= 11 is 0. The Morgan fingerprint density at radius 3 is 2.77 bits per heavy atom. The van der Waals surface area contributed by atoms with Crippen LogP contribution in [-0.4, -0.2) is 26.0 Å². The maximum Gasteiger partial charge on any atom is 0.255 e. The van der Waals surface area contributed by atoms with Gasteiger partial charge in [-0.05, 0) is 36.8 Å². The molecule has 110 valence electrons. The van der Waals surface area contributed by atoms with E-state index in [2.05, 4.69) is 15.6 Å². The third kappa shape index (κ3) is 2.67. The molecule has 0 aliphatic heterocycles. The Morgan fingerprint density at radius 1 is 1.23 bits per heavy atom. The van der Waals surface area contributed by atoms with E-state index in [1.807, 2.05) is 19.1 Å². The topological polar surface area (TPSA) is 80.0 Å². The number of hydrogen-bond acceptors (Lipinski definition) is 4. The van der Waals surface area contributed by atoms with Crippen molar-refractivity contribution in [2.75, 3.05) is 5.32 Å². The number of anilines is 1. The van der Waals surface area contributed by atoms with Crippen molar-refractivity contribution in [3.63, 3.8) is 0 Å². The van der Waals surface area contributed by atoms with E-state index >= 15 is 0 Å². The predicted molar refractivity (Wildman–Crippen MR) is 82.2 cm³/mol. The fourth-order valence-electron chi connectivity index (χ4n) is 2.14. The van der Waals surface area contributed by atoms with E-state index < -0.39 is 0 Å². The molecule has 0 aliphatic carbocycles. The van der Waals surface area contributed by atoms with Crippen molar-refractivity contribution in [2.24, 2.45) is 0 Å². The molecule has 1 aromatic heterocycles. The summed E-state index contributed by atoms with van der Waals surface area (Å²) in [6, 6.07) is 12.1. The molecule has 0 aliphatic rings. The van der Waals surface area contributed by atoms with Crippen molar-refractivity contribution < 1.29 is 9.90 Å². The molecule has 3 aromatic rings. The van der Waals surface area contributed by atoms with E-state index in [0.29, 0.717) is 11.3 Å². The zero-order chi connectivity index (χ0) is 15.5. The van der Waals surface area contributed by atoms with Crippen LogP contribution in [0.1, 0.15) is 15.9 Å². The van der Waals surface area contributed by atoms with Crippen LogP contribution in [0.3, 0.4) is 0 Å². The van der Waals surface area contributed by atoms with Crippen LogP contribution in [0.5, 0.6) is 5.75 Å². The Balaban J connectivity index is 1.88. The van der Waals surface area contributed by atoms with Gasteiger partial charge in [0, 0.05) is 5.56 Å². The summed E-state index contributed by atoms with van der Waals surface area (Å²) in [5.41, 5.74) is 2.41. The van der Waals surface area contributed by atoms with E-state index in [0.717, 1.165) is 11.3 Å². The van der Waals surface area contributed by atoms with E-state index in [1.165, 1.54) is 6.07 Å². The van der Waals surface area contributed by atoms with Gasteiger partial charge in [-0.1, -0.05) is 23.4 Å². The average molecular weight is 294 g/mol. The minimum absolute atomic E-state index is 0.0424. The molecule has 0 radical (unpaired) electrons. The van der Waals surface area contributed by atoms with Gasteiger partial charge in [-0.15, -0.1) is 5.10 Å². The smallest absolute Gasteiger partial charge is 0.255 e. The van der Waals surface area contributed by atoms with Gasteiger partial charge in [-0.2, -0.15) is 0 Å². The van der Waals surface area contributed by atoms with Crippen LogP contribution in [0.25, 0.3) is 5.69 Å². The number of nitrogens with zero attached hydrogens (tertiary/aromatic N) is 3. The average Bonchev–Trinajstić information content (AvgIpc) is 3.05. The first kappa shape index (κ1) is 13.8. The maximum absolute atomic E-state index is 12.4. The lowest BCUT2D eigenvalue weighted by Gasteiger charge is -2.10. The Hall–Kier alpha value is -3.15. The number of aromatic nitrogens is 3. The Labute approximate surface area is 127 Å². The van der Waals surface area contributed by atoms with Gasteiger partial charge in [0.05, 0.1) is 23.8 Å². The lowest BCUT2D eigenvalue weighted by Crippen LogP contribution is -2.13. The summed E-state index contributed by atoms with van der Waals surface area (Å²) in [6.45, 7) is 1.82. The highest BCUT2D eigenvalue weighted by atomic mass is 16.3. The largest absolute Gasteiger partial charge is 0.506 e. The van der Waals surface area contributed by atoms with Crippen LogP contribution in [-0.2, 0) is 0 Å². The third-order valence-corrected chi connectivity index (χ3v) is 3.28. The molecular formula is C16H14N4O2. The van der Waals surface area contributed by atoms with E-state index in [4.69, 9.17) is 0 Å². The highest BCUT2D eigenvalue weighted by Gasteiger charge is 2.11. The van der Waals surface area contributed by atoms with Crippen molar-refractivity contribution in [1.29, 1.82) is 0 Å². The molecule has 1 heterocycles. The number of phenolic OH excluding ortho intramolecular Hbond substituents is 1. The molecule has 0 fully saturated rings. The molecule has 0 unspecified atom stereocenters. The monoisotopic (exact) mass is 294 g/mol. The number of amides is 1. The number of hydrogen-bond donors (Lipinski definition) is 2. The van der Waals surface area contributed by atoms with Gasteiger partial charge in [0.2, 0.25) is 0 Å². The predicted octanol–water partition coefficient (Wildman–Crippen LogP) is 2.53. The van der Waals surface area contributed by atoms with Gasteiger partial charge in [0.15, 0.2) is 0 Å². The van der Waals surface area contributed by atoms with Crippen LogP contribution in [0.4, 0.5) is 5.69 Å². The van der Waals surface area contributed by atoms with Crippen LogP contribution < -0.4 is 5.32 Å². The summed E-state index contributed by atoms with van der Waals surface area (Å²) in [4.78, 5) is 12.4. The fraction of sp³-hybridized carbons (Fsp3) is 0.0625. The highest BCUT2D eigenvalue weighted by Crippen LogP contribution is 2.27. The molecule has 0 saturated carbocycles. The SMILES string of the molecule is Cc1cccc(O)c1NC(=O)c1cccc(-n2ccnn2)c1. The third-order valence-electron chi connectivity index (χ3n) is 3.28. The minimum atomic E-state index is -0.299. The van der Waals surface area contributed by atoms with Crippen molar-refractivity contribution >= 4 is 11.6 Å². The second kappa shape index (κ2) is 5.69. The van der Waals surface area contributed by atoms with Crippen molar-refractivity contribution in [3.8, 4) is 11.4 Å². The molecule has 6 heteroatoms. The van der Waals surface area contributed by atoms with Crippen molar-refractivity contribution in [3.05, 3.63) is 66.0 Å². The van der Waals surface area contributed by atoms with Gasteiger partial charge in [0.25, 0.3) is 5.91 Å².